The van der Waals surface area contributed by atoms with E-state index in [0.717, 1.165) is 30.8 Å². The monoisotopic (exact) mass is 287 g/mol. The Morgan fingerprint density at radius 3 is 2.81 bits per heavy atom. The number of amides is 1. The SMILES string of the molecule is CN(C)c1cccc(C(=O)N2CC3CCCC(N)C3C2)c1. The maximum Gasteiger partial charge on any atom is 0.253 e. The zero-order chi connectivity index (χ0) is 15.0. The predicted molar refractivity (Wildman–Crippen MR) is 85.5 cm³/mol. The largest absolute Gasteiger partial charge is 0.378 e. The molecule has 1 saturated carbocycles. The average Bonchev–Trinajstić information content (AvgIpc) is 2.92. The molecule has 0 aromatic heterocycles. The van der Waals surface area contributed by atoms with Crippen LogP contribution in [0.3, 0.4) is 0 Å². The van der Waals surface area contributed by atoms with Gasteiger partial charge in [0.15, 0.2) is 0 Å². The summed E-state index contributed by atoms with van der Waals surface area (Å²) in [6.45, 7) is 1.71. The van der Waals surface area contributed by atoms with E-state index >= 15 is 0 Å². The molecular weight excluding hydrogens is 262 g/mol. The summed E-state index contributed by atoms with van der Waals surface area (Å²) >= 11 is 0. The van der Waals surface area contributed by atoms with Crippen LogP contribution < -0.4 is 10.6 Å². The summed E-state index contributed by atoms with van der Waals surface area (Å²) in [4.78, 5) is 16.8. The predicted octanol–water partition coefficient (Wildman–Crippen LogP) is 1.95. The molecule has 2 fully saturated rings. The fourth-order valence-electron chi connectivity index (χ4n) is 3.78. The van der Waals surface area contributed by atoms with Crippen molar-refractivity contribution < 1.29 is 4.79 Å². The number of carbonyl (C=O) groups excluding carboxylic acids is 1. The number of nitrogens with zero attached hydrogens (tertiary/aromatic N) is 2. The first-order chi connectivity index (χ1) is 10.1. The molecule has 1 aromatic carbocycles. The standard InChI is InChI=1S/C17H25N3O/c1-19(2)14-7-3-5-12(9-14)17(21)20-10-13-6-4-8-16(18)15(13)11-20/h3,5,7,9,13,15-16H,4,6,8,10-11,18H2,1-2H3. The Balaban J connectivity index is 1.75. The molecule has 21 heavy (non-hydrogen) atoms. The second-order valence-electron chi connectivity index (χ2n) is 6.67. The summed E-state index contributed by atoms with van der Waals surface area (Å²) in [7, 11) is 3.99. The molecule has 0 radical (unpaired) electrons. The molecule has 3 unspecified atom stereocenters. The van der Waals surface area contributed by atoms with Gasteiger partial charge in [-0.25, -0.2) is 0 Å². The van der Waals surface area contributed by atoms with E-state index in [2.05, 4.69) is 0 Å². The molecule has 1 aliphatic heterocycles. The molecule has 3 rings (SSSR count). The third kappa shape index (κ3) is 2.77. The van der Waals surface area contributed by atoms with Gasteiger partial charge in [-0.2, -0.15) is 0 Å². The molecule has 1 heterocycles. The van der Waals surface area contributed by atoms with Crippen LogP contribution in [0, 0.1) is 11.8 Å². The minimum absolute atomic E-state index is 0.153. The molecule has 114 valence electrons. The zero-order valence-electron chi connectivity index (χ0n) is 13.0. The Kier molecular flexibility index (Phi) is 3.89. The third-order valence-electron chi connectivity index (χ3n) is 5.05. The van der Waals surface area contributed by atoms with Gasteiger partial charge in [-0.15, -0.1) is 0 Å². The molecule has 0 spiro atoms. The first-order valence-corrected chi connectivity index (χ1v) is 7.88. The number of fused-ring (bicyclic) bond motifs is 1. The lowest BCUT2D eigenvalue weighted by molar-refractivity contribution is 0.0783. The highest BCUT2D eigenvalue weighted by molar-refractivity contribution is 5.95. The Morgan fingerprint density at radius 1 is 1.29 bits per heavy atom. The molecule has 4 heteroatoms. The van der Waals surface area contributed by atoms with Crippen molar-refractivity contribution >= 4 is 11.6 Å². The Labute approximate surface area is 126 Å². The minimum Gasteiger partial charge on any atom is -0.378 e. The van der Waals surface area contributed by atoms with E-state index < -0.39 is 0 Å². The lowest BCUT2D eigenvalue weighted by atomic mass is 9.78. The summed E-state index contributed by atoms with van der Waals surface area (Å²) < 4.78 is 0. The van der Waals surface area contributed by atoms with Gasteiger partial charge in [0.05, 0.1) is 0 Å². The maximum atomic E-state index is 12.7. The van der Waals surface area contributed by atoms with Gasteiger partial charge < -0.3 is 15.5 Å². The van der Waals surface area contributed by atoms with Gasteiger partial charge in [0, 0.05) is 44.5 Å². The highest BCUT2D eigenvalue weighted by atomic mass is 16.2. The third-order valence-corrected chi connectivity index (χ3v) is 5.05. The van der Waals surface area contributed by atoms with Crippen LogP contribution in [0.5, 0.6) is 0 Å². The summed E-state index contributed by atoms with van der Waals surface area (Å²) in [6, 6.07) is 8.14. The van der Waals surface area contributed by atoms with E-state index in [1.807, 2.05) is 48.2 Å². The van der Waals surface area contributed by atoms with Crippen LogP contribution in [-0.4, -0.2) is 44.0 Å². The molecule has 3 atom stereocenters. The number of benzene rings is 1. The molecule has 0 bridgehead atoms. The van der Waals surface area contributed by atoms with Crippen molar-refractivity contribution in [1.82, 2.24) is 4.90 Å². The van der Waals surface area contributed by atoms with Crippen molar-refractivity contribution in [3.8, 4) is 0 Å². The number of hydrogen-bond donors (Lipinski definition) is 1. The average molecular weight is 287 g/mol. The summed E-state index contributed by atoms with van der Waals surface area (Å²) in [6.07, 6.45) is 3.54. The van der Waals surface area contributed by atoms with Gasteiger partial charge in [-0.3, -0.25) is 4.79 Å². The van der Waals surface area contributed by atoms with E-state index in [-0.39, 0.29) is 11.9 Å². The van der Waals surface area contributed by atoms with Crippen molar-refractivity contribution in [3.05, 3.63) is 29.8 Å². The highest BCUT2D eigenvalue weighted by Gasteiger charge is 2.40. The van der Waals surface area contributed by atoms with Gasteiger partial charge >= 0.3 is 0 Å². The van der Waals surface area contributed by atoms with Crippen molar-refractivity contribution in [2.45, 2.75) is 25.3 Å². The van der Waals surface area contributed by atoms with Crippen molar-refractivity contribution in [3.63, 3.8) is 0 Å². The molecule has 1 amide bonds. The van der Waals surface area contributed by atoms with E-state index in [0.29, 0.717) is 11.8 Å². The van der Waals surface area contributed by atoms with Gasteiger partial charge in [-0.1, -0.05) is 12.5 Å². The van der Waals surface area contributed by atoms with Gasteiger partial charge in [0.1, 0.15) is 0 Å². The second kappa shape index (κ2) is 5.68. The summed E-state index contributed by atoms with van der Waals surface area (Å²) in [5.74, 6) is 1.26. The van der Waals surface area contributed by atoms with Crippen LogP contribution >= 0.6 is 0 Å². The molecule has 2 N–H and O–H groups in total. The number of carbonyl (C=O) groups is 1. The first-order valence-electron chi connectivity index (χ1n) is 7.88. The topological polar surface area (TPSA) is 49.6 Å². The molecule has 1 aromatic rings. The molecule has 1 aliphatic carbocycles. The van der Waals surface area contributed by atoms with E-state index in [1.165, 1.54) is 12.8 Å². The molecule has 4 nitrogen and oxygen atoms in total. The Morgan fingerprint density at radius 2 is 2.10 bits per heavy atom. The second-order valence-corrected chi connectivity index (χ2v) is 6.67. The van der Waals surface area contributed by atoms with Gasteiger partial charge in [0.25, 0.3) is 5.91 Å². The van der Waals surface area contributed by atoms with E-state index in [9.17, 15) is 4.79 Å². The van der Waals surface area contributed by atoms with Crippen LogP contribution in [-0.2, 0) is 0 Å². The fourth-order valence-corrected chi connectivity index (χ4v) is 3.78. The number of likely N-dealkylation sites (tertiary alicyclic amines) is 1. The van der Waals surface area contributed by atoms with Crippen molar-refractivity contribution in [1.29, 1.82) is 0 Å². The minimum atomic E-state index is 0.153. The summed E-state index contributed by atoms with van der Waals surface area (Å²) in [5, 5.41) is 0. The smallest absolute Gasteiger partial charge is 0.253 e. The molecule has 1 saturated heterocycles. The van der Waals surface area contributed by atoms with Crippen LogP contribution in [0.2, 0.25) is 0 Å². The number of nitrogens with two attached hydrogens (primary N) is 1. The number of anilines is 1. The van der Waals surface area contributed by atoms with Crippen molar-refractivity contribution in [2.75, 3.05) is 32.1 Å². The zero-order valence-corrected chi connectivity index (χ0v) is 13.0. The Hall–Kier alpha value is -1.55. The lowest BCUT2D eigenvalue weighted by Gasteiger charge is -2.29. The van der Waals surface area contributed by atoms with Crippen LogP contribution in [0.25, 0.3) is 0 Å². The quantitative estimate of drug-likeness (QED) is 0.904. The van der Waals surface area contributed by atoms with Crippen LogP contribution in [0.4, 0.5) is 5.69 Å². The lowest BCUT2D eigenvalue weighted by Crippen LogP contribution is -2.38. The molecule has 2 aliphatic rings. The normalized spacial score (nSPS) is 28.3. The first kappa shape index (κ1) is 14.4. The number of rotatable bonds is 2. The van der Waals surface area contributed by atoms with Gasteiger partial charge in [-0.05, 0) is 42.9 Å². The summed E-state index contributed by atoms with van der Waals surface area (Å²) in [5.41, 5.74) is 8.09. The van der Waals surface area contributed by atoms with E-state index in [4.69, 9.17) is 5.73 Å². The highest BCUT2D eigenvalue weighted by Crippen LogP contribution is 2.36. The van der Waals surface area contributed by atoms with Crippen LogP contribution in [0.15, 0.2) is 24.3 Å². The maximum absolute atomic E-state index is 12.7. The number of hydrogen-bond acceptors (Lipinski definition) is 3. The molecular formula is C17H25N3O. The van der Waals surface area contributed by atoms with Gasteiger partial charge in [0.2, 0.25) is 0 Å². The van der Waals surface area contributed by atoms with Crippen LogP contribution in [0.1, 0.15) is 29.6 Å². The van der Waals surface area contributed by atoms with Crippen molar-refractivity contribution in [2.24, 2.45) is 17.6 Å². The van der Waals surface area contributed by atoms with E-state index in [1.54, 1.807) is 0 Å². The Bertz CT molecular complexity index is 529. The fraction of sp³-hybridized carbons (Fsp3) is 0.588.